The minimum absolute atomic E-state index is 1.37. The summed E-state index contributed by atoms with van der Waals surface area (Å²) >= 11 is 0. The average molecular weight is 633 g/mol. The quantitative estimate of drug-likeness (QED) is 0.167. The lowest BCUT2D eigenvalue weighted by atomic mass is 9.73. The maximum absolute atomic E-state index is 2.50. The Morgan fingerprint density at radius 3 is 1.02 bits per heavy atom. The SMILES string of the molecule is Cc1cc(-c2c3c(C)c(C)c(C)c(C)c3c(-c3c(C)cc(C)c(C)c3C)c3c(C)c4c(C)c(C)c(C)c(C)c4c(C)c23)c(C)c(C)c1C. The molecule has 6 aromatic rings. The van der Waals surface area contributed by atoms with E-state index < -0.39 is 0 Å². The standard InChI is InChI=1S/C48H56/c1-21-19-23(3)40(32(12)25(21)5)48-44-36(16)30(10)29(9)35(15)43(44)47(39-20-22(2)24(4)26(6)31(39)11)45-37(17)41-33(13)27(7)28(8)34(14)42(41)38(18)46(45)48/h19-20H,1-18H3. The molecule has 0 atom stereocenters. The summed E-state index contributed by atoms with van der Waals surface area (Å²) in [4.78, 5) is 0. The summed E-state index contributed by atoms with van der Waals surface area (Å²) in [6.45, 7) is 42.2. The average Bonchev–Trinajstić information content (AvgIpc) is 3.04. The minimum atomic E-state index is 1.37. The fourth-order valence-electron chi connectivity index (χ4n) is 9.35. The van der Waals surface area contributed by atoms with Crippen molar-refractivity contribution in [2.45, 2.75) is 125 Å². The Hall–Kier alpha value is -3.90. The van der Waals surface area contributed by atoms with Gasteiger partial charge in [0.15, 0.2) is 0 Å². The molecule has 0 saturated carbocycles. The number of rotatable bonds is 2. The Morgan fingerprint density at radius 1 is 0.208 bits per heavy atom. The Bertz CT molecular complexity index is 2440. The second-order valence-corrected chi connectivity index (χ2v) is 15.5. The number of fused-ring (bicyclic) bond motifs is 3. The summed E-state index contributed by atoms with van der Waals surface area (Å²) in [6.07, 6.45) is 0. The first-order valence-corrected chi connectivity index (χ1v) is 17.9. The largest absolute Gasteiger partial charge is 0.0555 e. The van der Waals surface area contributed by atoms with Crippen LogP contribution in [0.2, 0.25) is 0 Å². The van der Waals surface area contributed by atoms with Gasteiger partial charge >= 0.3 is 0 Å². The van der Waals surface area contributed by atoms with Crippen molar-refractivity contribution in [1.82, 2.24) is 0 Å². The molecule has 0 aromatic heterocycles. The predicted octanol–water partition coefficient (Wildman–Crippen LogP) is 14.0. The lowest BCUT2D eigenvalue weighted by Gasteiger charge is -2.30. The van der Waals surface area contributed by atoms with Crippen LogP contribution in [0.3, 0.4) is 0 Å². The summed E-state index contributed by atoms with van der Waals surface area (Å²) in [6, 6.07) is 4.93. The van der Waals surface area contributed by atoms with Crippen LogP contribution in [0.5, 0.6) is 0 Å². The maximum atomic E-state index is 2.50. The van der Waals surface area contributed by atoms with Crippen molar-refractivity contribution in [1.29, 1.82) is 0 Å². The van der Waals surface area contributed by atoms with Gasteiger partial charge in [0.25, 0.3) is 0 Å². The van der Waals surface area contributed by atoms with E-state index in [0.717, 1.165) is 0 Å². The van der Waals surface area contributed by atoms with Crippen LogP contribution < -0.4 is 0 Å². The molecular weight excluding hydrogens is 577 g/mol. The van der Waals surface area contributed by atoms with Crippen LogP contribution in [0.15, 0.2) is 12.1 Å². The van der Waals surface area contributed by atoms with E-state index in [1.807, 2.05) is 0 Å². The highest BCUT2D eigenvalue weighted by Crippen LogP contribution is 2.54. The molecule has 0 nitrogen and oxygen atoms in total. The van der Waals surface area contributed by atoms with Gasteiger partial charge in [0, 0.05) is 0 Å². The fourth-order valence-corrected chi connectivity index (χ4v) is 9.35. The Balaban J connectivity index is 2.16. The van der Waals surface area contributed by atoms with Gasteiger partial charge in [0.2, 0.25) is 0 Å². The number of hydrogen-bond donors (Lipinski definition) is 0. The number of aryl methyl sites for hydroxylation is 9. The van der Waals surface area contributed by atoms with Crippen LogP contribution >= 0.6 is 0 Å². The van der Waals surface area contributed by atoms with Crippen molar-refractivity contribution in [3.05, 3.63) is 112 Å². The van der Waals surface area contributed by atoms with Gasteiger partial charge in [-0.25, -0.2) is 0 Å². The van der Waals surface area contributed by atoms with E-state index in [-0.39, 0.29) is 0 Å². The molecule has 0 N–H and O–H groups in total. The molecule has 0 spiro atoms. The monoisotopic (exact) mass is 632 g/mol. The van der Waals surface area contributed by atoms with Gasteiger partial charge in [-0.05, 0) is 279 Å². The third-order valence-corrected chi connectivity index (χ3v) is 13.5. The van der Waals surface area contributed by atoms with Crippen LogP contribution in [-0.4, -0.2) is 0 Å². The van der Waals surface area contributed by atoms with E-state index in [2.05, 4.69) is 137 Å². The van der Waals surface area contributed by atoms with Gasteiger partial charge in [-0.15, -0.1) is 0 Å². The van der Waals surface area contributed by atoms with Gasteiger partial charge in [0.1, 0.15) is 0 Å². The molecule has 48 heavy (non-hydrogen) atoms. The van der Waals surface area contributed by atoms with Crippen molar-refractivity contribution in [3.8, 4) is 22.3 Å². The van der Waals surface area contributed by atoms with E-state index in [1.165, 1.54) is 155 Å². The molecule has 0 unspecified atom stereocenters. The van der Waals surface area contributed by atoms with E-state index in [1.54, 1.807) is 0 Å². The van der Waals surface area contributed by atoms with Crippen LogP contribution in [0, 0.1) is 125 Å². The third kappa shape index (κ3) is 4.33. The zero-order valence-corrected chi connectivity index (χ0v) is 33.2. The van der Waals surface area contributed by atoms with Crippen LogP contribution in [0.25, 0.3) is 54.6 Å². The van der Waals surface area contributed by atoms with Crippen molar-refractivity contribution in [2.24, 2.45) is 0 Å². The predicted molar refractivity (Wildman–Crippen MR) is 215 cm³/mol. The van der Waals surface area contributed by atoms with Crippen LogP contribution in [-0.2, 0) is 0 Å². The lowest BCUT2D eigenvalue weighted by Crippen LogP contribution is -2.06. The first-order valence-electron chi connectivity index (χ1n) is 17.9. The highest BCUT2D eigenvalue weighted by Gasteiger charge is 2.29. The third-order valence-electron chi connectivity index (χ3n) is 13.5. The zero-order chi connectivity index (χ0) is 35.6. The smallest absolute Gasteiger partial charge is 0.00151 e. The van der Waals surface area contributed by atoms with E-state index in [9.17, 15) is 0 Å². The van der Waals surface area contributed by atoms with Gasteiger partial charge in [-0.1, -0.05) is 12.1 Å². The molecular formula is C48H56. The van der Waals surface area contributed by atoms with Crippen molar-refractivity contribution < 1.29 is 0 Å². The first-order chi connectivity index (χ1) is 22.4. The molecule has 0 saturated heterocycles. The highest BCUT2D eigenvalue weighted by molar-refractivity contribution is 6.28. The molecule has 0 aliphatic heterocycles. The second-order valence-electron chi connectivity index (χ2n) is 15.5. The normalized spacial score (nSPS) is 12.0. The molecule has 248 valence electrons. The summed E-state index contributed by atoms with van der Waals surface area (Å²) in [5.41, 5.74) is 30.9. The Labute approximate surface area is 290 Å². The minimum Gasteiger partial charge on any atom is -0.0555 e. The van der Waals surface area contributed by atoms with Gasteiger partial charge in [-0.3, -0.25) is 0 Å². The zero-order valence-electron chi connectivity index (χ0n) is 33.2. The summed E-state index contributed by atoms with van der Waals surface area (Å²) in [7, 11) is 0. The van der Waals surface area contributed by atoms with Gasteiger partial charge in [0.05, 0.1) is 0 Å². The molecule has 0 bridgehead atoms. The molecule has 0 aliphatic rings. The van der Waals surface area contributed by atoms with Crippen LogP contribution in [0.1, 0.15) is 100 Å². The molecule has 0 aliphatic carbocycles. The molecule has 0 amide bonds. The van der Waals surface area contributed by atoms with E-state index in [0.29, 0.717) is 0 Å². The topological polar surface area (TPSA) is 0 Å². The highest BCUT2D eigenvalue weighted by atomic mass is 14.3. The molecule has 6 rings (SSSR count). The number of hydrogen-bond acceptors (Lipinski definition) is 0. The van der Waals surface area contributed by atoms with Crippen molar-refractivity contribution in [2.75, 3.05) is 0 Å². The molecule has 0 heterocycles. The van der Waals surface area contributed by atoms with Crippen LogP contribution in [0.4, 0.5) is 0 Å². The van der Waals surface area contributed by atoms with Crippen molar-refractivity contribution in [3.63, 3.8) is 0 Å². The van der Waals surface area contributed by atoms with Gasteiger partial charge in [-0.2, -0.15) is 0 Å². The first kappa shape index (κ1) is 34.0. The molecule has 0 fully saturated rings. The van der Waals surface area contributed by atoms with Gasteiger partial charge < -0.3 is 0 Å². The molecule has 0 radical (unpaired) electrons. The fraction of sp³-hybridized carbons (Fsp3) is 0.375. The Morgan fingerprint density at radius 2 is 0.542 bits per heavy atom. The molecule has 6 aromatic carbocycles. The molecule has 0 heteroatoms. The summed E-state index contributed by atoms with van der Waals surface area (Å²) in [5.74, 6) is 0. The lowest BCUT2D eigenvalue weighted by molar-refractivity contribution is 1.22. The number of benzene rings is 6. The maximum Gasteiger partial charge on any atom is -0.00151 e. The Kier molecular flexibility index (Phi) is 8.02. The second kappa shape index (κ2) is 11.3. The van der Waals surface area contributed by atoms with E-state index in [4.69, 9.17) is 0 Å². The van der Waals surface area contributed by atoms with Crippen molar-refractivity contribution >= 4 is 32.3 Å². The summed E-state index contributed by atoms with van der Waals surface area (Å²) in [5, 5.41) is 8.61. The summed E-state index contributed by atoms with van der Waals surface area (Å²) < 4.78 is 0. The van der Waals surface area contributed by atoms with E-state index >= 15 is 0 Å².